The molecule has 3 amide bonds. The summed E-state index contributed by atoms with van der Waals surface area (Å²) in [5.41, 5.74) is 1.13. The average molecular weight is 471 g/mol. The van der Waals surface area contributed by atoms with E-state index in [4.69, 9.17) is 14.2 Å². The quantitative estimate of drug-likeness (QED) is 0.608. The van der Waals surface area contributed by atoms with Crippen LogP contribution in [0.1, 0.15) is 46.3 Å². The highest BCUT2D eigenvalue weighted by atomic mass is 16.6. The van der Waals surface area contributed by atoms with E-state index in [1.165, 1.54) is 0 Å². The van der Waals surface area contributed by atoms with Crippen LogP contribution in [-0.4, -0.2) is 67.7 Å². The van der Waals surface area contributed by atoms with E-state index in [0.29, 0.717) is 44.0 Å². The Morgan fingerprint density at radius 1 is 1.00 bits per heavy atom. The smallest absolute Gasteiger partial charge is 0.409 e. The van der Waals surface area contributed by atoms with Gasteiger partial charge in [-0.1, -0.05) is 12.1 Å². The number of nitrogens with zero attached hydrogens (tertiary/aromatic N) is 2. The lowest BCUT2D eigenvalue weighted by Crippen LogP contribution is -2.46. The number of aromatic nitrogens is 1. The molecule has 0 radical (unpaired) electrons. The van der Waals surface area contributed by atoms with Gasteiger partial charge in [0, 0.05) is 25.7 Å². The summed E-state index contributed by atoms with van der Waals surface area (Å²) in [5.74, 6) is 0.417. The van der Waals surface area contributed by atoms with Gasteiger partial charge in [-0.15, -0.1) is 0 Å². The van der Waals surface area contributed by atoms with Crippen molar-refractivity contribution in [2.75, 3.05) is 33.9 Å². The largest absolute Gasteiger partial charge is 0.493 e. The van der Waals surface area contributed by atoms with E-state index in [2.05, 4.69) is 15.6 Å². The molecule has 1 fully saturated rings. The topological polar surface area (TPSA) is 119 Å². The fourth-order valence-electron chi connectivity index (χ4n) is 3.63. The van der Waals surface area contributed by atoms with Crippen molar-refractivity contribution in [3.63, 3.8) is 0 Å². The van der Waals surface area contributed by atoms with Crippen LogP contribution >= 0.6 is 0 Å². The number of piperidine rings is 1. The van der Waals surface area contributed by atoms with Gasteiger partial charge in [0.2, 0.25) is 0 Å². The van der Waals surface area contributed by atoms with E-state index in [9.17, 15) is 14.4 Å². The molecular formula is C24H30N4O6. The number of rotatable bonds is 8. The third-order valence-electron chi connectivity index (χ3n) is 5.47. The summed E-state index contributed by atoms with van der Waals surface area (Å²) < 4.78 is 15.5. The zero-order chi connectivity index (χ0) is 24.5. The minimum absolute atomic E-state index is 0.0810. The van der Waals surface area contributed by atoms with Crippen LogP contribution in [0.25, 0.3) is 0 Å². The molecule has 1 aliphatic heterocycles. The molecule has 10 heteroatoms. The van der Waals surface area contributed by atoms with Gasteiger partial charge in [-0.2, -0.15) is 0 Å². The van der Waals surface area contributed by atoms with Crippen LogP contribution in [-0.2, 0) is 11.3 Å². The molecule has 34 heavy (non-hydrogen) atoms. The van der Waals surface area contributed by atoms with Gasteiger partial charge in [0.25, 0.3) is 11.8 Å². The fourth-order valence-corrected chi connectivity index (χ4v) is 3.63. The number of pyridine rings is 1. The first-order valence-electron chi connectivity index (χ1n) is 11.1. The molecule has 2 N–H and O–H groups in total. The van der Waals surface area contributed by atoms with Crippen LogP contribution < -0.4 is 20.1 Å². The summed E-state index contributed by atoms with van der Waals surface area (Å²) in [6, 6.07) is 10.0. The zero-order valence-electron chi connectivity index (χ0n) is 19.6. The molecular weight excluding hydrogens is 440 g/mol. The van der Waals surface area contributed by atoms with Gasteiger partial charge in [0.15, 0.2) is 11.5 Å². The molecule has 1 saturated heterocycles. The fraction of sp³-hybridized carbons (Fsp3) is 0.417. The average Bonchev–Trinajstić information content (AvgIpc) is 2.87. The Morgan fingerprint density at radius 2 is 1.68 bits per heavy atom. The highest BCUT2D eigenvalue weighted by molar-refractivity contribution is 5.96. The van der Waals surface area contributed by atoms with Crippen LogP contribution in [0.3, 0.4) is 0 Å². The Bertz CT molecular complexity index is 1020. The normalized spacial score (nSPS) is 13.7. The number of carbonyl (C=O) groups excluding carboxylic acids is 3. The Balaban J connectivity index is 1.54. The Morgan fingerprint density at radius 3 is 2.32 bits per heavy atom. The third-order valence-corrected chi connectivity index (χ3v) is 5.47. The first-order chi connectivity index (χ1) is 16.4. The highest BCUT2D eigenvalue weighted by Gasteiger charge is 2.25. The number of ether oxygens (including phenoxy) is 3. The summed E-state index contributed by atoms with van der Waals surface area (Å²) in [5, 5.41) is 5.73. The molecule has 0 bridgehead atoms. The van der Waals surface area contributed by atoms with Gasteiger partial charge in [-0.05, 0) is 49.6 Å². The molecule has 2 aromatic rings. The maximum atomic E-state index is 12.7. The molecule has 0 aliphatic carbocycles. The standard InChI is InChI=1S/C24H30N4O6/c1-4-34-24(31)28-12-10-17(11-13-28)26-23(30)19-7-5-6-18(27-19)22(29)25-15-16-8-9-20(32-2)21(14-16)33-3/h5-9,14,17H,4,10-13,15H2,1-3H3,(H,25,29)(H,26,30). The number of benzene rings is 1. The molecule has 0 saturated carbocycles. The lowest BCUT2D eigenvalue weighted by molar-refractivity contribution is 0.0856. The first kappa shape index (κ1) is 24.8. The van der Waals surface area contributed by atoms with Crippen molar-refractivity contribution < 1.29 is 28.6 Å². The van der Waals surface area contributed by atoms with Crippen LogP contribution in [0.4, 0.5) is 4.79 Å². The molecule has 1 aromatic heterocycles. The van der Waals surface area contributed by atoms with Gasteiger partial charge in [0.1, 0.15) is 11.4 Å². The van der Waals surface area contributed by atoms with Gasteiger partial charge in [0.05, 0.1) is 20.8 Å². The zero-order valence-corrected chi connectivity index (χ0v) is 19.6. The number of amides is 3. The number of hydrogen-bond acceptors (Lipinski definition) is 7. The van der Waals surface area contributed by atoms with E-state index in [1.807, 2.05) is 6.07 Å². The lowest BCUT2D eigenvalue weighted by Gasteiger charge is -2.31. The molecule has 1 aliphatic rings. The molecule has 3 rings (SSSR count). The van der Waals surface area contributed by atoms with Crippen molar-refractivity contribution in [1.29, 1.82) is 0 Å². The van der Waals surface area contributed by atoms with Gasteiger partial charge < -0.3 is 29.7 Å². The number of likely N-dealkylation sites (tertiary alicyclic amines) is 1. The first-order valence-corrected chi connectivity index (χ1v) is 11.1. The summed E-state index contributed by atoms with van der Waals surface area (Å²) in [6.07, 6.45) is 0.910. The maximum Gasteiger partial charge on any atom is 0.409 e. The number of nitrogens with one attached hydrogen (secondary N) is 2. The SMILES string of the molecule is CCOC(=O)N1CCC(NC(=O)c2cccc(C(=O)NCc3ccc(OC)c(OC)c3)n2)CC1. The van der Waals surface area contributed by atoms with Crippen LogP contribution in [0.15, 0.2) is 36.4 Å². The Kier molecular flexibility index (Phi) is 8.66. The lowest BCUT2D eigenvalue weighted by atomic mass is 10.1. The van der Waals surface area contributed by atoms with Crippen molar-refractivity contribution in [1.82, 2.24) is 20.5 Å². The van der Waals surface area contributed by atoms with E-state index in [0.717, 1.165) is 5.56 Å². The second-order valence-corrected chi connectivity index (χ2v) is 7.71. The monoisotopic (exact) mass is 470 g/mol. The Hall–Kier alpha value is -3.82. The van der Waals surface area contributed by atoms with Crippen molar-refractivity contribution in [2.45, 2.75) is 32.4 Å². The van der Waals surface area contributed by atoms with E-state index in [-0.39, 0.29) is 36.0 Å². The van der Waals surface area contributed by atoms with Crippen LogP contribution in [0.5, 0.6) is 11.5 Å². The molecule has 0 atom stereocenters. The van der Waals surface area contributed by atoms with Crippen LogP contribution in [0.2, 0.25) is 0 Å². The van der Waals surface area contributed by atoms with E-state index in [1.54, 1.807) is 56.4 Å². The highest BCUT2D eigenvalue weighted by Crippen LogP contribution is 2.27. The van der Waals surface area contributed by atoms with Gasteiger partial charge in [-0.25, -0.2) is 9.78 Å². The number of carbonyl (C=O) groups is 3. The molecule has 182 valence electrons. The minimum Gasteiger partial charge on any atom is -0.493 e. The Labute approximate surface area is 198 Å². The van der Waals surface area contributed by atoms with Crippen molar-refractivity contribution in [2.24, 2.45) is 0 Å². The summed E-state index contributed by atoms with van der Waals surface area (Å²) >= 11 is 0. The molecule has 0 spiro atoms. The predicted molar refractivity (Wildman–Crippen MR) is 124 cm³/mol. The summed E-state index contributed by atoms with van der Waals surface area (Å²) in [6.45, 7) is 3.38. The van der Waals surface area contributed by atoms with E-state index < -0.39 is 5.91 Å². The third kappa shape index (κ3) is 6.37. The van der Waals surface area contributed by atoms with Gasteiger partial charge in [-0.3, -0.25) is 9.59 Å². The second-order valence-electron chi connectivity index (χ2n) is 7.71. The predicted octanol–water partition coefficient (Wildman–Crippen LogP) is 2.38. The van der Waals surface area contributed by atoms with Crippen molar-refractivity contribution >= 4 is 17.9 Å². The van der Waals surface area contributed by atoms with Crippen molar-refractivity contribution in [3.05, 3.63) is 53.3 Å². The maximum absolute atomic E-state index is 12.7. The molecule has 1 aromatic carbocycles. The summed E-state index contributed by atoms with van der Waals surface area (Å²) in [4.78, 5) is 43.0. The molecule has 0 unspecified atom stereocenters. The van der Waals surface area contributed by atoms with Crippen molar-refractivity contribution in [3.8, 4) is 11.5 Å². The van der Waals surface area contributed by atoms with Gasteiger partial charge >= 0.3 is 6.09 Å². The number of hydrogen-bond donors (Lipinski definition) is 2. The van der Waals surface area contributed by atoms with Crippen LogP contribution in [0, 0.1) is 0 Å². The van der Waals surface area contributed by atoms with E-state index >= 15 is 0 Å². The molecule has 2 heterocycles. The second kappa shape index (κ2) is 11.9. The molecule has 10 nitrogen and oxygen atoms in total. The summed E-state index contributed by atoms with van der Waals surface area (Å²) in [7, 11) is 3.10. The number of methoxy groups -OCH3 is 2. The minimum atomic E-state index is -0.396.